The number of aryl methyl sites for hydroxylation is 1. The van der Waals surface area contributed by atoms with Crippen molar-refractivity contribution in [3.8, 4) is 0 Å². The topological polar surface area (TPSA) is 81.8 Å². The van der Waals surface area contributed by atoms with Gasteiger partial charge in [-0.3, -0.25) is 4.57 Å². The summed E-state index contributed by atoms with van der Waals surface area (Å²) in [5.74, 6) is -0.502. The molecule has 1 aliphatic heterocycles. The average Bonchev–Trinajstić information content (AvgIpc) is 2.88. The van der Waals surface area contributed by atoms with Crippen LogP contribution in [0, 0.1) is 0 Å². The van der Waals surface area contributed by atoms with Crippen molar-refractivity contribution >= 4 is 21.1 Å². The zero-order valence-corrected chi connectivity index (χ0v) is 14.3. The van der Waals surface area contributed by atoms with E-state index in [1.807, 2.05) is 0 Å². The Kier molecular flexibility index (Phi) is 3.78. The van der Waals surface area contributed by atoms with Gasteiger partial charge in [0.25, 0.3) is 0 Å². The van der Waals surface area contributed by atoms with Crippen molar-refractivity contribution < 1.29 is 17.6 Å². The molecule has 2 atom stereocenters. The van der Waals surface area contributed by atoms with Crippen LogP contribution in [0.5, 0.6) is 0 Å². The Bertz CT molecular complexity index is 928. The van der Waals surface area contributed by atoms with E-state index < -0.39 is 15.8 Å². The Morgan fingerprint density at radius 1 is 1.21 bits per heavy atom. The number of rotatable bonds is 2. The van der Waals surface area contributed by atoms with Gasteiger partial charge in [-0.2, -0.15) is 4.31 Å². The second kappa shape index (κ2) is 5.72. The third kappa shape index (κ3) is 2.40. The van der Waals surface area contributed by atoms with Crippen molar-refractivity contribution in [1.82, 2.24) is 8.87 Å². The molecule has 2 aliphatic rings. The van der Waals surface area contributed by atoms with Gasteiger partial charge in [0.05, 0.1) is 29.2 Å². The fourth-order valence-corrected chi connectivity index (χ4v) is 5.45. The molecule has 4 rings (SSSR count). The first-order valence-electron chi connectivity index (χ1n) is 8.21. The SMILES string of the molecule is Cn1c(=O)oc2cc(S(=O)(=O)N3CCOC4CCCCC43)ccc21. The molecule has 0 amide bonds. The van der Waals surface area contributed by atoms with Crippen molar-refractivity contribution in [3.63, 3.8) is 0 Å². The van der Waals surface area contributed by atoms with E-state index in [1.54, 1.807) is 23.5 Å². The fraction of sp³-hybridized carbons (Fsp3) is 0.562. The standard InChI is InChI=1S/C16H20N2O5S/c1-17-12-7-6-11(10-15(12)23-16(17)19)24(20,21)18-8-9-22-14-5-3-2-4-13(14)18/h6-7,10,13-14H,2-5,8-9H2,1H3. The minimum atomic E-state index is -3.65. The predicted molar refractivity (Wildman–Crippen MR) is 87.3 cm³/mol. The molecular formula is C16H20N2O5S. The minimum absolute atomic E-state index is 0.0133. The molecule has 2 unspecified atom stereocenters. The Hall–Kier alpha value is -1.64. The van der Waals surface area contributed by atoms with Crippen LogP contribution in [-0.4, -0.2) is 42.6 Å². The molecule has 24 heavy (non-hydrogen) atoms. The molecule has 1 aromatic heterocycles. The summed E-state index contributed by atoms with van der Waals surface area (Å²) < 4.78 is 40.1. The summed E-state index contributed by atoms with van der Waals surface area (Å²) in [5, 5.41) is 0. The summed E-state index contributed by atoms with van der Waals surface area (Å²) in [6.45, 7) is 0.781. The van der Waals surface area contributed by atoms with E-state index in [1.165, 1.54) is 10.6 Å². The lowest BCUT2D eigenvalue weighted by molar-refractivity contribution is -0.0586. The highest BCUT2D eigenvalue weighted by atomic mass is 32.2. The molecule has 130 valence electrons. The molecule has 1 saturated carbocycles. The molecular weight excluding hydrogens is 332 g/mol. The average molecular weight is 352 g/mol. The number of hydrogen-bond donors (Lipinski definition) is 0. The van der Waals surface area contributed by atoms with Crippen molar-refractivity contribution in [3.05, 3.63) is 28.7 Å². The van der Waals surface area contributed by atoms with Gasteiger partial charge in [0.2, 0.25) is 10.0 Å². The van der Waals surface area contributed by atoms with Gasteiger partial charge >= 0.3 is 5.76 Å². The van der Waals surface area contributed by atoms with Crippen LogP contribution in [0.15, 0.2) is 32.3 Å². The van der Waals surface area contributed by atoms with Crippen LogP contribution in [0.1, 0.15) is 25.7 Å². The van der Waals surface area contributed by atoms with Crippen molar-refractivity contribution in [1.29, 1.82) is 0 Å². The molecule has 7 nitrogen and oxygen atoms in total. The molecule has 1 aliphatic carbocycles. The number of morpholine rings is 1. The highest BCUT2D eigenvalue weighted by Crippen LogP contribution is 2.32. The Morgan fingerprint density at radius 2 is 2.00 bits per heavy atom. The highest BCUT2D eigenvalue weighted by Gasteiger charge is 2.41. The quantitative estimate of drug-likeness (QED) is 0.817. The van der Waals surface area contributed by atoms with Crippen LogP contribution in [0.4, 0.5) is 0 Å². The van der Waals surface area contributed by atoms with E-state index in [0.29, 0.717) is 18.7 Å². The lowest BCUT2D eigenvalue weighted by Crippen LogP contribution is -2.54. The Labute approximate surface area is 139 Å². The van der Waals surface area contributed by atoms with Crippen LogP contribution < -0.4 is 5.76 Å². The Balaban J connectivity index is 1.75. The first-order valence-corrected chi connectivity index (χ1v) is 9.65. The first-order chi connectivity index (χ1) is 11.5. The van der Waals surface area contributed by atoms with Gasteiger partial charge in [-0.15, -0.1) is 0 Å². The largest absolute Gasteiger partial charge is 0.419 e. The van der Waals surface area contributed by atoms with Gasteiger partial charge < -0.3 is 9.15 Å². The summed E-state index contributed by atoms with van der Waals surface area (Å²) >= 11 is 0. The number of ether oxygens (including phenoxy) is 1. The van der Waals surface area contributed by atoms with Crippen LogP contribution >= 0.6 is 0 Å². The van der Waals surface area contributed by atoms with Crippen LogP contribution in [-0.2, 0) is 21.8 Å². The number of benzene rings is 1. The minimum Gasteiger partial charge on any atom is -0.408 e. The first kappa shape index (κ1) is 15.9. The van der Waals surface area contributed by atoms with Gasteiger partial charge in [-0.05, 0) is 25.0 Å². The highest BCUT2D eigenvalue weighted by molar-refractivity contribution is 7.89. The predicted octanol–water partition coefficient (Wildman–Crippen LogP) is 1.46. The van der Waals surface area contributed by atoms with E-state index in [9.17, 15) is 13.2 Å². The summed E-state index contributed by atoms with van der Waals surface area (Å²) in [6, 6.07) is 4.50. The number of nitrogens with zero attached hydrogens (tertiary/aromatic N) is 2. The molecule has 1 aromatic carbocycles. The lowest BCUT2D eigenvalue weighted by Gasteiger charge is -2.42. The monoisotopic (exact) mass is 352 g/mol. The van der Waals surface area contributed by atoms with Crippen LogP contribution in [0.25, 0.3) is 11.1 Å². The van der Waals surface area contributed by atoms with Gasteiger partial charge in [0.1, 0.15) is 0 Å². The summed E-state index contributed by atoms with van der Waals surface area (Å²) in [6.07, 6.45) is 3.82. The third-order valence-electron chi connectivity index (χ3n) is 5.05. The molecule has 2 aromatic rings. The molecule has 0 bridgehead atoms. The smallest absolute Gasteiger partial charge is 0.408 e. The van der Waals surface area contributed by atoms with E-state index in [2.05, 4.69) is 0 Å². The van der Waals surface area contributed by atoms with E-state index in [0.717, 1.165) is 25.7 Å². The van der Waals surface area contributed by atoms with Crippen molar-refractivity contribution in [2.24, 2.45) is 7.05 Å². The van der Waals surface area contributed by atoms with E-state index in [4.69, 9.17) is 9.15 Å². The lowest BCUT2D eigenvalue weighted by atomic mass is 9.91. The zero-order chi connectivity index (χ0) is 16.9. The Morgan fingerprint density at radius 3 is 2.83 bits per heavy atom. The van der Waals surface area contributed by atoms with Crippen molar-refractivity contribution in [2.75, 3.05) is 13.2 Å². The van der Waals surface area contributed by atoms with Gasteiger partial charge in [0, 0.05) is 19.7 Å². The third-order valence-corrected chi connectivity index (χ3v) is 6.97. The fourth-order valence-electron chi connectivity index (χ4n) is 3.77. The molecule has 0 radical (unpaired) electrons. The molecule has 8 heteroatoms. The summed E-state index contributed by atoms with van der Waals surface area (Å²) in [4.78, 5) is 11.8. The van der Waals surface area contributed by atoms with Crippen LogP contribution in [0.2, 0.25) is 0 Å². The molecule has 2 fully saturated rings. The number of hydrogen-bond acceptors (Lipinski definition) is 5. The normalized spacial score (nSPS) is 25.7. The maximum absolute atomic E-state index is 13.1. The number of fused-ring (bicyclic) bond motifs is 2. The summed E-state index contributed by atoms with van der Waals surface area (Å²) in [7, 11) is -2.05. The number of sulfonamides is 1. The zero-order valence-electron chi connectivity index (χ0n) is 13.5. The summed E-state index contributed by atoms with van der Waals surface area (Å²) in [5.41, 5.74) is 0.869. The molecule has 0 spiro atoms. The second-order valence-electron chi connectivity index (χ2n) is 6.43. The van der Waals surface area contributed by atoms with E-state index in [-0.39, 0.29) is 22.6 Å². The second-order valence-corrected chi connectivity index (χ2v) is 8.32. The maximum Gasteiger partial charge on any atom is 0.419 e. The number of aromatic nitrogens is 1. The number of oxazole rings is 1. The van der Waals surface area contributed by atoms with Crippen LogP contribution in [0.3, 0.4) is 0 Å². The molecule has 0 N–H and O–H groups in total. The van der Waals surface area contributed by atoms with E-state index >= 15 is 0 Å². The van der Waals surface area contributed by atoms with Gasteiger partial charge in [0.15, 0.2) is 5.58 Å². The molecule has 1 saturated heterocycles. The van der Waals surface area contributed by atoms with Gasteiger partial charge in [-0.1, -0.05) is 12.8 Å². The van der Waals surface area contributed by atoms with Crippen molar-refractivity contribution in [2.45, 2.75) is 42.7 Å². The maximum atomic E-state index is 13.1. The molecule has 2 heterocycles. The van der Waals surface area contributed by atoms with Gasteiger partial charge in [-0.25, -0.2) is 13.2 Å².